The number of nitrogens with zero attached hydrogens (tertiary/aromatic N) is 1. The van der Waals surface area contributed by atoms with E-state index in [0.29, 0.717) is 22.0 Å². The molecule has 0 aliphatic carbocycles. The van der Waals surface area contributed by atoms with Gasteiger partial charge in [0, 0.05) is 16.5 Å². The summed E-state index contributed by atoms with van der Waals surface area (Å²) < 4.78 is 32.6. The van der Waals surface area contributed by atoms with Crippen molar-refractivity contribution >= 4 is 48.7 Å². The van der Waals surface area contributed by atoms with Crippen molar-refractivity contribution in [3.8, 4) is 5.75 Å². The number of anilines is 2. The van der Waals surface area contributed by atoms with Crippen molar-refractivity contribution in [2.75, 3.05) is 23.0 Å². The van der Waals surface area contributed by atoms with Gasteiger partial charge in [-0.1, -0.05) is 35.9 Å². The first-order valence-corrected chi connectivity index (χ1v) is 12.9. The number of thiophene rings is 1. The van der Waals surface area contributed by atoms with Crippen LogP contribution in [-0.2, 0) is 16.6 Å². The van der Waals surface area contributed by atoms with E-state index in [1.165, 1.54) is 21.9 Å². The van der Waals surface area contributed by atoms with E-state index in [1.807, 2.05) is 43.3 Å². The van der Waals surface area contributed by atoms with Crippen LogP contribution < -0.4 is 14.4 Å². The molecule has 0 saturated heterocycles. The number of methoxy groups -OCH3 is 1. The highest BCUT2D eigenvalue weighted by Crippen LogP contribution is 2.32. The molecule has 0 fully saturated rings. The number of amides is 1. The molecule has 33 heavy (non-hydrogen) atoms. The average Bonchev–Trinajstić information content (AvgIpc) is 3.21. The Bertz CT molecular complexity index is 1410. The molecular formula is C25H24N2O4S2. The molecule has 1 aromatic heterocycles. The molecule has 3 aromatic carbocycles. The highest BCUT2D eigenvalue weighted by Gasteiger charge is 2.19. The lowest BCUT2D eigenvalue weighted by atomic mass is 10.1. The normalized spacial score (nSPS) is 11.4. The van der Waals surface area contributed by atoms with Crippen molar-refractivity contribution in [1.29, 1.82) is 0 Å². The van der Waals surface area contributed by atoms with Crippen LogP contribution in [0.5, 0.6) is 5.75 Å². The number of benzene rings is 3. The highest BCUT2D eigenvalue weighted by atomic mass is 32.2. The summed E-state index contributed by atoms with van der Waals surface area (Å²) >= 11 is 1.36. The summed E-state index contributed by atoms with van der Waals surface area (Å²) in [5, 5.41) is 3.69. The molecule has 0 saturated carbocycles. The Balaban J connectivity index is 1.61. The van der Waals surface area contributed by atoms with Crippen LogP contribution in [0.15, 0.2) is 72.8 Å². The quantitative estimate of drug-likeness (QED) is 0.382. The first-order valence-electron chi connectivity index (χ1n) is 10.3. The monoisotopic (exact) mass is 480 g/mol. The molecule has 0 spiro atoms. The summed E-state index contributed by atoms with van der Waals surface area (Å²) in [5.41, 5.74) is 3.21. The summed E-state index contributed by atoms with van der Waals surface area (Å²) in [4.78, 5) is 13.3. The number of rotatable bonds is 7. The molecule has 170 valence electrons. The number of aryl methyl sites for hydroxylation is 1. The number of sulfonamides is 1. The van der Waals surface area contributed by atoms with E-state index >= 15 is 0 Å². The Morgan fingerprint density at radius 1 is 1.03 bits per heavy atom. The van der Waals surface area contributed by atoms with E-state index in [-0.39, 0.29) is 12.5 Å². The first-order chi connectivity index (χ1) is 15.7. The minimum absolute atomic E-state index is 0.231. The van der Waals surface area contributed by atoms with Gasteiger partial charge in [0.2, 0.25) is 10.0 Å². The third kappa shape index (κ3) is 5.35. The van der Waals surface area contributed by atoms with Gasteiger partial charge in [0.25, 0.3) is 5.91 Å². The number of hydrogen-bond donors (Lipinski definition) is 1. The van der Waals surface area contributed by atoms with E-state index in [4.69, 9.17) is 4.74 Å². The van der Waals surface area contributed by atoms with Gasteiger partial charge in [0.1, 0.15) is 5.75 Å². The predicted octanol–water partition coefficient (Wildman–Crippen LogP) is 5.44. The molecule has 1 heterocycles. The van der Waals surface area contributed by atoms with Crippen LogP contribution >= 0.6 is 11.3 Å². The van der Waals surface area contributed by atoms with E-state index in [2.05, 4.69) is 5.32 Å². The number of fused-ring (bicyclic) bond motifs is 1. The average molecular weight is 481 g/mol. The van der Waals surface area contributed by atoms with Gasteiger partial charge in [-0.2, -0.15) is 0 Å². The summed E-state index contributed by atoms with van der Waals surface area (Å²) in [5.74, 6) is 0.425. The second kappa shape index (κ2) is 9.25. The summed E-state index contributed by atoms with van der Waals surface area (Å²) in [6.07, 6.45) is 1.20. The Kier molecular flexibility index (Phi) is 6.40. The van der Waals surface area contributed by atoms with Crippen molar-refractivity contribution in [2.24, 2.45) is 0 Å². The molecule has 1 N–H and O–H groups in total. The third-order valence-electron chi connectivity index (χ3n) is 5.19. The van der Waals surface area contributed by atoms with Gasteiger partial charge in [0.05, 0.1) is 30.5 Å². The van der Waals surface area contributed by atoms with Gasteiger partial charge in [-0.15, -0.1) is 11.3 Å². The maximum atomic E-state index is 12.8. The molecule has 6 nitrogen and oxygen atoms in total. The highest BCUT2D eigenvalue weighted by molar-refractivity contribution is 7.92. The molecule has 0 aliphatic rings. The Labute approximate surface area is 197 Å². The van der Waals surface area contributed by atoms with Crippen LogP contribution in [0.4, 0.5) is 11.4 Å². The SMILES string of the molecule is COc1cccc(NC(=O)c2cc3cc(N(Cc4ccc(C)cc4)S(C)(=O)=O)ccc3s2)c1. The van der Waals surface area contributed by atoms with Gasteiger partial charge in [-0.05, 0) is 54.3 Å². The number of carbonyl (C=O) groups is 1. The number of nitrogens with one attached hydrogen (secondary N) is 1. The van der Waals surface area contributed by atoms with Gasteiger partial charge < -0.3 is 10.1 Å². The van der Waals surface area contributed by atoms with Crippen LogP contribution in [-0.4, -0.2) is 27.7 Å². The van der Waals surface area contributed by atoms with Gasteiger partial charge in [-0.3, -0.25) is 9.10 Å². The summed E-state index contributed by atoms with van der Waals surface area (Å²) in [6.45, 7) is 2.22. The lowest BCUT2D eigenvalue weighted by molar-refractivity contribution is 0.103. The molecule has 1 amide bonds. The zero-order valence-corrected chi connectivity index (χ0v) is 20.2. The van der Waals surface area contributed by atoms with E-state index in [0.717, 1.165) is 21.2 Å². The lowest BCUT2D eigenvalue weighted by Gasteiger charge is -2.22. The van der Waals surface area contributed by atoms with Crippen molar-refractivity contribution in [3.63, 3.8) is 0 Å². The van der Waals surface area contributed by atoms with Crippen molar-refractivity contribution in [3.05, 3.63) is 88.8 Å². The zero-order chi connectivity index (χ0) is 23.6. The molecule has 0 radical (unpaired) electrons. The van der Waals surface area contributed by atoms with E-state index < -0.39 is 10.0 Å². The van der Waals surface area contributed by atoms with Crippen LogP contribution in [0.3, 0.4) is 0 Å². The number of carbonyl (C=O) groups excluding carboxylic acids is 1. The van der Waals surface area contributed by atoms with Crippen LogP contribution in [0.1, 0.15) is 20.8 Å². The molecule has 0 atom stereocenters. The maximum Gasteiger partial charge on any atom is 0.265 e. The zero-order valence-electron chi connectivity index (χ0n) is 18.5. The Morgan fingerprint density at radius 2 is 1.79 bits per heavy atom. The molecular weight excluding hydrogens is 456 g/mol. The van der Waals surface area contributed by atoms with Crippen molar-refractivity contribution in [2.45, 2.75) is 13.5 Å². The third-order valence-corrected chi connectivity index (χ3v) is 7.44. The molecule has 0 bridgehead atoms. The second-order valence-corrected chi connectivity index (χ2v) is 10.8. The molecule has 0 unspecified atom stereocenters. The topological polar surface area (TPSA) is 75.7 Å². The summed E-state index contributed by atoms with van der Waals surface area (Å²) in [6, 6.07) is 22.2. The Hall–Kier alpha value is -3.36. The fourth-order valence-electron chi connectivity index (χ4n) is 3.45. The van der Waals surface area contributed by atoms with Crippen LogP contribution in [0.2, 0.25) is 0 Å². The first kappa shape index (κ1) is 22.8. The molecule has 4 rings (SSSR count). The number of hydrogen-bond acceptors (Lipinski definition) is 5. The molecule has 8 heteroatoms. The van der Waals surface area contributed by atoms with Crippen LogP contribution in [0.25, 0.3) is 10.1 Å². The molecule has 0 aliphatic heterocycles. The minimum Gasteiger partial charge on any atom is -0.497 e. The standard InChI is InChI=1S/C25H24N2O4S2/c1-17-7-9-18(10-8-17)16-27(33(3,29)30)21-11-12-23-19(13-21)14-24(32-23)25(28)26-20-5-4-6-22(15-20)31-2/h4-15H,16H2,1-3H3,(H,26,28). The van der Waals surface area contributed by atoms with E-state index in [9.17, 15) is 13.2 Å². The summed E-state index contributed by atoms with van der Waals surface area (Å²) in [7, 11) is -1.93. The molecule has 4 aromatic rings. The van der Waals surface area contributed by atoms with Crippen molar-refractivity contribution < 1.29 is 17.9 Å². The lowest BCUT2D eigenvalue weighted by Crippen LogP contribution is -2.29. The Morgan fingerprint density at radius 3 is 2.48 bits per heavy atom. The van der Waals surface area contributed by atoms with Crippen LogP contribution in [0, 0.1) is 6.92 Å². The largest absolute Gasteiger partial charge is 0.497 e. The van der Waals surface area contributed by atoms with Gasteiger partial charge in [0.15, 0.2) is 0 Å². The second-order valence-electron chi connectivity index (χ2n) is 7.77. The fourth-order valence-corrected chi connectivity index (χ4v) is 5.27. The maximum absolute atomic E-state index is 12.8. The van der Waals surface area contributed by atoms with Gasteiger partial charge >= 0.3 is 0 Å². The smallest absolute Gasteiger partial charge is 0.265 e. The fraction of sp³-hybridized carbons (Fsp3) is 0.160. The predicted molar refractivity (Wildman–Crippen MR) is 135 cm³/mol. The van der Waals surface area contributed by atoms with Gasteiger partial charge in [-0.25, -0.2) is 8.42 Å². The number of ether oxygens (including phenoxy) is 1. The van der Waals surface area contributed by atoms with Crippen molar-refractivity contribution in [1.82, 2.24) is 0 Å². The minimum atomic E-state index is -3.51. The van der Waals surface area contributed by atoms with E-state index in [1.54, 1.807) is 43.5 Å².